The number of nitrogens with two attached hydrogens (primary N) is 2. The smallest absolute Gasteiger partial charge is 0.168 e. The van der Waals surface area contributed by atoms with Crippen molar-refractivity contribution in [1.82, 2.24) is 4.72 Å². The fraction of sp³-hybridized carbons (Fsp3) is 1.00. The van der Waals surface area contributed by atoms with E-state index in [1.165, 1.54) is 0 Å². The molecule has 9 N–H and O–H groups in total. The molecule has 0 bridgehead atoms. The molecule has 0 aliphatic carbocycles. The second kappa shape index (κ2) is 5.73. The van der Waals surface area contributed by atoms with Gasteiger partial charge in [0.25, 0.3) is 0 Å². The first-order chi connectivity index (χ1) is 5.89. The van der Waals surface area contributed by atoms with Crippen molar-refractivity contribution >= 4 is 10.8 Å². The second-order valence-electron chi connectivity index (χ2n) is 2.59. The monoisotopic (exact) mass is 215 g/mol. The molecule has 0 aliphatic rings. The summed E-state index contributed by atoms with van der Waals surface area (Å²) in [4.78, 5) is 0. The summed E-state index contributed by atoms with van der Waals surface area (Å²) in [7, 11) is -3.06. The quantitative estimate of drug-likeness (QED) is 0.250. The number of rotatable bonds is 6. The minimum atomic E-state index is -3.06. The zero-order chi connectivity index (χ0) is 10.5. The maximum atomic E-state index is 9.23. The van der Waals surface area contributed by atoms with Crippen LogP contribution >= 0.6 is 10.8 Å². The van der Waals surface area contributed by atoms with Crippen molar-refractivity contribution < 1.29 is 19.3 Å². The standard InChI is InChI=1S/C5H17N3O4S/c6-1-2-8-13(11,12)3-4(7)5(9)10/h4-5,8-12H,1-3,6-7H2. The van der Waals surface area contributed by atoms with Gasteiger partial charge in [-0.2, -0.15) is 0 Å². The fourth-order valence-corrected chi connectivity index (χ4v) is 1.91. The molecular formula is C5H17N3O4S. The molecule has 1 unspecified atom stereocenters. The van der Waals surface area contributed by atoms with Gasteiger partial charge in [-0.3, -0.25) is 9.11 Å². The zero-order valence-corrected chi connectivity index (χ0v) is 7.94. The first-order valence-electron chi connectivity index (χ1n) is 3.71. The van der Waals surface area contributed by atoms with E-state index in [9.17, 15) is 9.11 Å². The van der Waals surface area contributed by atoms with Gasteiger partial charge in [-0.1, -0.05) is 0 Å². The zero-order valence-electron chi connectivity index (χ0n) is 7.13. The minimum Gasteiger partial charge on any atom is -0.367 e. The van der Waals surface area contributed by atoms with Crippen LogP contribution in [0.25, 0.3) is 0 Å². The average Bonchev–Trinajstić information content (AvgIpc) is 2.00. The largest absolute Gasteiger partial charge is 0.367 e. The van der Waals surface area contributed by atoms with Crippen molar-refractivity contribution in [2.45, 2.75) is 12.3 Å². The summed E-state index contributed by atoms with van der Waals surface area (Å²) >= 11 is 0. The van der Waals surface area contributed by atoms with Crippen LogP contribution in [0.5, 0.6) is 0 Å². The highest BCUT2D eigenvalue weighted by atomic mass is 32.3. The molecule has 1 atom stereocenters. The van der Waals surface area contributed by atoms with Crippen molar-refractivity contribution in [3.05, 3.63) is 0 Å². The molecule has 0 amide bonds. The van der Waals surface area contributed by atoms with E-state index >= 15 is 0 Å². The molecule has 13 heavy (non-hydrogen) atoms. The van der Waals surface area contributed by atoms with Crippen LogP contribution in [0.15, 0.2) is 0 Å². The Labute approximate surface area is 78.2 Å². The lowest BCUT2D eigenvalue weighted by Crippen LogP contribution is -2.42. The fourth-order valence-electron chi connectivity index (χ4n) is 0.636. The van der Waals surface area contributed by atoms with Crippen molar-refractivity contribution in [1.29, 1.82) is 0 Å². The van der Waals surface area contributed by atoms with Crippen molar-refractivity contribution in [2.75, 3.05) is 18.8 Å². The van der Waals surface area contributed by atoms with Gasteiger partial charge in [0, 0.05) is 13.1 Å². The highest BCUT2D eigenvalue weighted by Crippen LogP contribution is 2.33. The second-order valence-corrected chi connectivity index (χ2v) is 4.55. The predicted molar refractivity (Wildman–Crippen MR) is 51.0 cm³/mol. The third-order valence-corrected chi connectivity index (χ3v) is 2.80. The van der Waals surface area contributed by atoms with Gasteiger partial charge in [0.2, 0.25) is 0 Å². The summed E-state index contributed by atoms with van der Waals surface area (Å²) < 4.78 is 20.8. The third-order valence-electron chi connectivity index (χ3n) is 1.29. The van der Waals surface area contributed by atoms with Gasteiger partial charge in [-0.15, -0.1) is 10.8 Å². The van der Waals surface area contributed by atoms with E-state index in [1.807, 2.05) is 0 Å². The predicted octanol–water partition coefficient (Wildman–Crippen LogP) is -2.16. The Morgan fingerprint density at radius 3 is 2.23 bits per heavy atom. The summed E-state index contributed by atoms with van der Waals surface area (Å²) in [6, 6.07) is -1.09. The first kappa shape index (κ1) is 13.1. The molecule has 0 heterocycles. The van der Waals surface area contributed by atoms with E-state index < -0.39 is 23.1 Å². The van der Waals surface area contributed by atoms with E-state index in [0.29, 0.717) is 0 Å². The number of nitrogens with one attached hydrogen (secondary N) is 1. The lowest BCUT2D eigenvalue weighted by atomic mass is 10.4. The number of hydrogen-bond donors (Lipinski definition) is 7. The van der Waals surface area contributed by atoms with Crippen LogP contribution in [0.1, 0.15) is 0 Å². The van der Waals surface area contributed by atoms with Gasteiger partial charge >= 0.3 is 0 Å². The Morgan fingerprint density at radius 1 is 1.31 bits per heavy atom. The SMILES string of the molecule is NCCNS(O)(O)CC(N)C(O)O. The van der Waals surface area contributed by atoms with Crippen LogP contribution in [0.3, 0.4) is 0 Å². The highest BCUT2D eigenvalue weighted by molar-refractivity contribution is 8.22. The highest BCUT2D eigenvalue weighted by Gasteiger charge is 2.20. The molecule has 0 aromatic rings. The van der Waals surface area contributed by atoms with Crippen molar-refractivity contribution in [3.8, 4) is 0 Å². The minimum absolute atomic E-state index is 0.233. The third kappa shape index (κ3) is 6.18. The number of aliphatic hydroxyl groups is 2. The van der Waals surface area contributed by atoms with Crippen molar-refractivity contribution in [3.63, 3.8) is 0 Å². The van der Waals surface area contributed by atoms with Gasteiger partial charge in [-0.25, -0.2) is 4.72 Å². The molecule has 0 spiro atoms. The summed E-state index contributed by atoms with van der Waals surface area (Å²) in [6.45, 7) is 0.489. The van der Waals surface area contributed by atoms with Gasteiger partial charge in [0.1, 0.15) is 0 Å². The van der Waals surface area contributed by atoms with Gasteiger partial charge in [0.15, 0.2) is 6.29 Å². The topological polar surface area (TPSA) is 145 Å². The van der Waals surface area contributed by atoms with Crippen LogP contribution in [-0.2, 0) is 0 Å². The Balaban J connectivity index is 3.86. The maximum Gasteiger partial charge on any atom is 0.168 e. The maximum absolute atomic E-state index is 9.23. The molecule has 7 nitrogen and oxygen atoms in total. The number of aliphatic hydroxyl groups excluding tert-OH is 1. The van der Waals surface area contributed by atoms with E-state index in [1.54, 1.807) is 0 Å². The van der Waals surface area contributed by atoms with E-state index in [-0.39, 0.29) is 18.8 Å². The Hall–Kier alpha value is 0.0700. The molecule has 0 fully saturated rings. The van der Waals surface area contributed by atoms with Crippen LogP contribution in [0, 0.1) is 0 Å². The first-order valence-corrected chi connectivity index (χ1v) is 5.43. The number of hydrogen-bond acceptors (Lipinski definition) is 7. The molecule has 0 saturated carbocycles. The molecule has 0 aromatic heterocycles. The molecule has 0 radical (unpaired) electrons. The molecule has 0 saturated heterocycles. The van der Waals surface area contributed by atoms with Gasteiger partial charge in [-0.05, 0) is 0 Å². The molecular weight excluding hydrogens is 198 g/mol. The van der Waals surface area contributed by atoms with Crippen LogP contribution in [0.4, 0.5) is 0 Å². The Morgan fingerprint density at radius 2 is 1.85 bits per heavy atom. The Kier molecular flexibility index (Phi) is 5.76. The molecule has 82 valence electrons. The summed E-state index contributed by atoms with van der Waals surface area (Å²) in [5.74, 6) is -0.315. The lowest BCUT2D eigenvalue weighted by Gasteiger charge is -2.35. The summed E-state index contributed by atoms with van der Waals surface area (Å²) in [6.07, 6.45) is -1.76. The summed E-state index contributed by atoms with van der Waals surface area (Å²) in [5, 5.41) is 17.2. The van der Waals surface area contributed by atoms with E-state index in [2.05, 4.69) is 4.72 Å². The van der Waals surface area contributed by atoms with Crippen LogP contribution < -0.4 is 16.2 Å². The van der Waals surface area contributed by atoms with Crippen molar-refractivity contribution in [2.24, 2.45) is 11.5 Å². The molecule has 0 aliphatic heterocycles. The van der Waals surface area contributed by atoms with E-state index in [0.717, 1.165) is 0 Å². The summed E-state index contributed by atoms with van der Waals surface area (Å²) in [5.41, 5.74) is 10.3. The van der Waals surface area contributed by atoms with Gasteiger partial charge < -0.3 is 21.7 Å². The lowest BCUT2D eigenvalue weighted by molar-refractivity contribution is -0.0534. The molecule has 0 aromatic carbocycles. The average molecular weight is 215 g/mol. The Bertz CT molecular complexity index is 146. The van der Waals surface area contributed by atoms with Gasteiger partial charge in [0.05, 0.1) is 11.8 Å². The molecule has 0 rings (SSSR count). The normalized spacial score (nSPS) is 16.2. The van der Waals surface area contributed by atoms with Crippen LogP contribution in [0.2, 0.25) is 0 Å². The molecule has 8 heteroatoms. The van der Waals surface area contributed by atoms with Crippen LogP contribution in [-0.4, -0.2) is 50.5 Å². The van der Waals surface area contributed by atoms with E-state index in [4.69, 9.17) is 21.7 Å².